The molecule has 3 rings (SSSR count). The largest absolute Gasteiger partial charge is 0.375 e. The van der Waals surface area contributed by atoms with Crippen molar-refractivity contribution >= 4 is 61.6 Å². The summed E-state index contributed by atoms with van der Waals surface area (Å²) in [6, 6.07) is 4.68. The molecule has 0 aromatic heterocycles. The average Bonchev–Trinajstić information content (AvgIpc) is 2.92. The molecule has 2 aliphatic heterocycles. The van der Waals surface area contributed by atoms with Crippen molar-refractivity contribution in [2.75, 3.05) is 30.1 Å². The number of thioether (sulfide) groups is 1. The Bertz CT molecular complexity index is 793. The number of ether oxygens (including phenoxy) is 1. The lowest BCUT2D eigenvalue weighted by Gasteiger charge is -2.26. The second-order valence-electron chi connectivity index (χ2n) is 5.46. The summed E-state index contributed by atoms with van der Waals surface area (Å²) in [5.41, 5.74) is 0.474. The van der Waals surface area contributed by atoms with Crippen LogP contribution in [0.15, 0.2) is 23.2 Å². The highest BCUT2D eigenvalue weighted by molar-refractivity contribution is 8.16. The minimum absolute atomic E-state index is 0.0241. The van der Waals surface area contributed by atoms with E-state index in [1.54, 1.807) is 23.1 Å². The van der Waals surface area contributed by atoms with Crippen molar-refractivity contribution < 1.29 is 17.9 Å². The maximum atomic E-state index is 12.0. The summed E-state index contributed by atoms with van der Waals surface area (Å²) in [5, 5.41) is 0.938. The van der Waals surface area contributed by atoms with E-state index in [9.17, 15) is 13.2 Å². The number of halogens is 2. The van der Waals surface area contributed by atoms with Crippen molar-refractivity contribution in [3.8, 4) is 0 Å². The van der Waals surface area contributed by atoms with Crippen molar-refractivity contribution in [1.29, 1.82) is 0 Å². The molecule has 2 heterocycles. The van der Waals surface area contributed by atoms with Crippen LogP contribution >= 0.6 is 35.0 Å². The molecule has 10 heteroatoms. The summed E-state index contributed by atoms with van der Waals surface area (Å²) < 4.78 is 28.8. The number of sulfone groups is 1. The zero-order valence-electron chi connectivity index (χ0n) is 12.6. The predicted octanol–water partition coefficient (Wildman–Crippen LogP) is 2.24. The minimum atomic E-state index is -3.15. The van der Waals surface area contributed by atoms with Crippen molar-refractivity contribution in [2.24, 2.45) is 4.99 Å². The van der Waals surface area contributed by atoms with E-state index in [1.807, 2.05) is 0 Å². The van der Waals surface area contributed by atoms with E-state index < -0.39 is 15.7 Å². The van der Waals surface area contributed by atoms with Crippen LogP contribution in [0.5, 0.6) is 0 Å². The molecule has 6 nitrogen and oxygen atoms in total. The molecule has 2 fully saturated rings. The topological polar surface area (TPSA) is 76.0 Å². The predicted molar refractivity (Wildman–Crippen MR) is 97.1 cm³/mol. The number of benzene rings is 1. The molecule has 1 aromatic carbocycles. The first-order valence-corrected chi connectivity index (χ1v) is 10.5. The molecule has 0 radical (unpaired) electrons. The van der Waals surface area contributed by atoms with E-state index in [-0.39, 0.29) is 29.4 Å². The Kier molecular flexibility index (Phi) is 5.13. The molecule has 2 atom stereocenters. The van der Waals surface area contributed by atoms with Gasteiger partial charge in [-0.3, -0.25) is 4.79 Å². The molecule has 1 amide bonds. The highest BCUT2D eigenvalue weighted by atomic mass is 35.5. The van der Waals surface area contributed by atoms with Gasteiger partial charge in [-0.15, -0.1) is 0 Å². The highest BCUT2D eigenvalue weighted by Crippen LogP contribution is 2.45. The lowest BCUT2D eigenvalue weighted by molar-refractivity contribution is -0.121. The molecule has 2 aliphatic rings. The number of hydrogen-bond donors (Lipinski definition) is 0. The molecule has 24 heavy (non-hydrogen) atoms. The standard InChI is InChI=1S/C14H14Cl2N2O4S2/c1-22-5-12(19)17-14-18(13-8(15)3-2-4-9(13)16)10-6-24(20,21)7-11(10)23-14/h2-4,10-11H,5-7H2,1H3/t10-,11+/m1/s1. The number of aliphatic imine (C=N–C) groups is 1. The second kappa shape index (κ2) is 6.84. The number of amides is 1. The molecule has 0 N–H and O–H groups in total. The van der Waals surface area contributed by atoms with Gasteiger partial charge in [0, 0.05) is 12.4 Å². The number of fused-ring (bicyclic) bond motifs is 1. The van der Waals surface area contributed by atoms with Gasteiger partial charge in [0.05, 0.1) is 33.3 Å². The summed E-state index contributed by atoms with van der Waals surface area (Å²) in [6.07, 6.45) is 0. The van der Waals surface area contributed by atoms with E-state index in [1.165, 1.54) is 18.9 Å². The van der Waals surface area contributed by atoms with Crippen LogP contribution < -0.4 is 4.90 Å². The van der Waals surface area contributed by atoms with E-state index in [2.05, 4.69) is 4.99 Å². The lowest BCUT2D eigenvalue weighted by Crippen LogP contribution is -2.38. The van der Waals surface area contributed by atoms with Crippen molar-refractivity contribution in [1.82, 2.24) is 0 Å². The Morgan fingerprint density at radius 2 is 2.04 bits per heavy atom. The van der Waals surface area contributed by atoms with Gasteiger partial charge in [-0.2, -0.15) is 4.99 Å². The van der Waals surface area contributed by atoms with Gasteiger partial charge in [-0.25, -0.2) is 8.42 Å². The lowest BCUT2D eigenvalue weighted by atomic mass is 10.2. The number of carbonyl (C=O) groups is 1. The molecule has 130 valence electrons. The van der Waals surface area contributed by atoms with Crippen LogP contribution in [-0.2, 0) is 19.4 Å². The average molecular weight is 409 g/mol. The molecule has 0 saturated carbocycles. The fraction of sp³-hybridized carbons (Fsp3) is 0.429. The van der Waals surface area contributed by atoms with Crippen molar-refractivity contribution in [3.63, 3.8) is 0 Å². The fourth-order valence-electron chi connectivity index (χ4n) is 2.81. The summed E-state index contributed by atoms with van der Waals surface area (Å²) in [5.74, 6) is -0.432. The van der Waals surface area contributed by atoms with E-state index in [0.29, 0.717) is 20.9 Å². The quantitative estimate of drug-likeness (QED) is 0.762. The van der Waals surface area contributed by atoms with Gasteiger partial charge >= 0.3 is 0 Å². The third-order valence-corrected chi connectivity index (χ3v) is 7.55. The molecule has 0 unspecified atom stereocenters. The molecule has 2 saturated heterocycles. The third kappa shape index (κ3) is 3.43. The number of hydrogen-bond acceptors (Lipinski definition) is 5. The Hall–Kier alpha value is -0.800. The number of methoxy groups -OCH3 is 1. The van der Waals surface area contributed by atoms with E-state index >= 15 is 0 Å². The first-order chi connectivity index (χ1) is 11.3. The van der Waals surface area contributed by atoms with Crippen LogP contribution in [0.25, 0.3) is 0 Å². The van der Waals surface area contributed by atoms with Crippen LogP contribution in [0.4, 0.5) is 5.69 Å². The normalized spacial score (nSPS) is 26.8. The number of rotatable bonds is 3. The van der Waals surface area contributed by atoms with Gasteiger partial charge in [0.2, 0.25) is 0 Å². The number of amidine groups is 1. The van der Waals surface area contributed by atoms with Crippen LogP contribution in [0.2, 0.25) is 10.0 Å². The molecule has 0 aliphatic carbocycles. The van der Waals surface area contributed by atoms with Crippen molar-refractivity contribution in [2.45, 2.75) is 11.3 Å². The number of nitrogens with zero attached hydrogens (tertiary/aromatic N) is 2. The molecule has 1 aromatic rings. The van der Waals surface area contributed by atoms with Crippen LogP contribution in [0.1, 0.15) is 0 Å². The highest BCUT2D eigenvalue weighted by Gasteiger charge is 2.50. The van der Waals surface area contributed by atoms with Crippen molar-refractivity contribution in [3.05, 3.63) is 28.2 Å². The summed E-state index contributed by atoms with van der Waals surface area (Å²) in [4.78, 5) is 17.6. The summed E-state index contributed by atoms with van der Waals surface area (Å²) >= 11 is 13.8. The number of carbonyl (C=O) groups excluding carboxylic acids is 1. The van der Waals surface area contributed by atoms with Gasteiger partial charge in [0.1, 0.15) is 6.61 Å². The first-order valence-electron chi connectivity index (χ1n) is 7.03. The first kappa shape index (κ1) is 18.0. The Morgan fingerprint density at radius 1 is 1.38 bits per heavy atom. The smallest absolute Gasteiger partial charge is 0.274 e. The van der Waals surface area contributed by atoms with Gasteiger partial charge in [0.25, 0.3) is 5.91 Å². The molecular formula is C14H14Cl2N2O4S2. The van der Waals surface area contributed by atoms with Crippen LogP contribution in [0, 0.1) is 0 Å². The Morgan fingerprint density at radius 3 is 2.67 bits per heavy atom. The Balaban J connectivity index is 2.07. The van der Waals surface area contributed by atoms with E-state index in [4.69, 9.17) is 27.9 Å². The monoisotopic (exact) mass is 408 g/mol. The minimum Gasteiger partial charge on any atom is -0.375 e. The van der Waals surface area contributed by atoms with Gasteiger partial charge < -0.3 is 9.64 Å². The SMILES string of the molecule is COCC(=O)N=C1S[C@H]2CS(=O)(=O)C[C@H]2N1c1c(Cl)cccc1Cl. The maximum Gasteiger partial charge on any atom is 0.274 e. The maximum absolute atomic E-state index is 12.0. The zero-order chi connectivity index (χ0) is 17.5. The van der Waals surface area contributed by atoms with Crippen LogP contribution in [-0.4, -0.2) is 56.0 Å². The zero-order valence-corrected chi connectivity index (χ0v) is 15.8. The van der Waals surface area contributed by atoms with Gasteiger partial charge in [0.15, 0.2) is 15.0 Å². The summed E-state index contributed by atoms with van der Waals surface area (Å²) in [6.45, 7) is -0.151. The Labute approximate surface area is 154 Å². The molecule has 0 spiro atoms. The van der Waals surface area contributed by atoms with Crippen LogP contribution in [0.3, 0.4) is 0 Å². The molecular weight excluding hydrogens is 395 g/mol. The second-order valence-corrected chi connectivity index (χ2v) is 9.64. The number of anilines is 1. The number of para-hydroxylation sites is 1. The third-order valence-electron chi connectivity index (χ3n) is 3.73. The summed E-state index contributed by atoms with van der Waals surface area (Å²) in [7, 11) is -1.74. The van der Waals surface area contributed by atoms with Gasteiger partial charge in [-0.1, -0.05) is 41.0 Å². The van der Waals surface area contributed by atoms with E-state index in [0.717, 1.165) is 0 Å². The van der Waals surface area contributed by atoms with Gasteiger partial charge in [-0.05, 0) is 12.1 Å². The molecule has 0 bridgehead atoms. The fourth-order valence-corrected chi connectivity index (χ4v) is 7.30.